The number of rotatable bonds is 5. The number of nitrogens with one attached hydrogen (secondary N) is 1. The number of aromatic nitrogens is 3. The summed E-state index contributed by atoms with van der Waals surface area (Å²) in [5.74, 6) is 7.71. The van der Waals surface area contributed by atoms with Crippen molar-refractivity contribution >= 4 is 11.5 Å². The van der Waals surface area contributed by atoms with Crippen molar-refractivity contribution in [2.45, 2.75) is 6.92 Å². The van der Waals surface area contributed by atoms with E-state index in [9.17, 15) is 0 Å². The zero-order chi connectivity index (χ0) is 14.7. The molecule has 2 aromatic heterocycles. The maximum absolute atomic E-state index is 5.78. The van der Waals surface area contributed by atoms with Crippen LogP contribution in [0.4, 0.5) is 5.82 Å². The van der Waals surface area contributed by atoms with Crippen molar-refractivity contribution in [2.75, 3.05) is 12.0 Å². The van der Waals surface area contributed by atoms with Crippen LogP contribution in [0, 0.1) is 0 Å². The number of nitrogens with two attached hydrogens (primary N) is 1. The lowest BCUT2D eigenvalue weighted by Crippen LogP contribution is -2.10. The van der Waals surface area contributed by atoms with Crippen molar-refractivity contribution in [3.05, 3.63) is 42.9 Å². The topological polar surface area (TPSA) is 86.7 Å². The molecule has 7 heteroatoms. The molecule has 2 heterocycles. The summed E-state index contributed by atoms with van der Waals surface area (Å²) < 4.78 is 13.0. The highest BCUT2D eigenvalue weighted by Gasteiger charge is 2.09. The first-order valence-electron chi connectivity index (χ1n) is 6.51. The van der Waals surface area contributed by atoms with Gasteiger partial charge in [-0.3, -0.25) is 4.40 Å². The molecule has 0 aliphatic carbocycles. The largest absolute Gasteiger partial charge is 0.494 e. The molecule has 0 radical (unpaired) electrons. The molecule has 3 aromatic rings. The summed E-state index contributed by atoms with van der Waals surface area (Å²) in [5, 5.41) is 0. The third-order valence-electron chi connectivity index (χ3n) is 2.84. The van der Waals surface area contributed by atoms with Crippen molar-refractivity contribution in [3.63, 3.8) is 0 Å². The summed E-state index contributed by atoms with van der Waals surface area (Å²) in [7, 11) is 0. The van der Waals surface area contributed by atoms with E-state index in [1.54, 1.807) is 23.0 Å². The van der Waals surface area contributed by atoms with Gasteiger partial charge in [0.05, 0.1) is 12.8 Å². The molecule has 7 nitrogen and oxygen atoms in total. The van der Waals surface area contributed by atoms with Gasteiger partial charge >= 0.3 is 0 Å². The molecule has 1 aromatic carbocycles. The zero-order valence-corrected chi connectivity index (χ0v) is 11.5. The second-order valence-electron chi connectivity index (χ2n) is 4.24. The number of hydrogen-bond donors (Lipinski definition) is 2. The molecule has 0 aliphatic rings. The summed E-state index contributed by atoms with van der Waals surface area (Å²) in [4.78, 5) is 8.49. The molecule has 0 saturated heterocycles. The highest BCUT2D eigenvalue weighted by atomic mass is 16.5. The summed E-state index contributed by atoms with van der Waals surface area (Å²) in [6.45, 7) is 2.56. The first kappa shape index (κ1) is 13.2. The average molecular weight is 285 g/mol. The van der Waals surface area contributed by atoms with Crippen LogP contribution >= 0.6 is 0 Å². The molecular formula is C14H15N5O2. The molecule has 3 N–H and O–H groups in total. The van der Waals surface area contributed by atoms with Crippen LogP contribution in [0.25, 0.3) is 5.65 Å². The minimum atomic E-state index is 0.375. The first-order chi connectivity index (χ1) is 10.3. The first-order valence-corrected chi connectivity index (χ1v) is 6.51. The van der Waals surface area contributed by atoms with E-state index in [1.165, 1.54) is 0 Å². The Hall–Kier alpha value is -2.80. The van der Waals surface area contributed by atoms with Gasteiger partial charge in [0.2, 0.25) is 5.65 Å². The average Bonchev–Trinajstić information content (AvgIpc) is 2.98. The van der Waals surface area contributed by atoms with E-state index in [4.69, 9.17) is 15.3 Å². The second kappa shape index (κ2) is 5.68. The van der Waals surface area contributed by atoms with Gasteiger partial charge in [0.15, 0.2) is 5.82 Å². The highest BCUT2D eigenvalue weighted by Crippen LogP contribution is 2.26. The van der Waals surface area contributed by atoms with E-state index in [0.717, 1.165) is 5.75 Å². The third kappa shape index (κ3) is 2.72. The van der Waals surface area contributed by atoms with Crippen molar-refractivity contribution in [2.24, 2.45) is 5.84 Å². The number of anilines is 1. The molecule has 0 aliphatic heterocycles. The minimum Gasteiger partial charge on any atom is -0.494 e. The van der Waals surface area contributed by atoms with E-state index < -0.39 is 0 Å². The van der Waals surface area contributed by atoms with Crippen LogP contribution in [-0.4, -0.2) is 21.0 Å². The molecule has 0 saturated carbocycles. The van der Waals surface area contributed by atoms with Crippen LogP contribution in [0.1, 0.15) is 6.92 Å². The van der Waals surface area contributed by atoms with E-state index in [2.05, 4.69) is 15.4 Å². The number of nitrogen functional groups attached to an aromatic ring is 1. The third-order valence-corrected chi connectivity index (χ3v) is 2.84. The molecule has 0 unspecified atom stereocenters. The summed E-state index contributed by atoms with van der Waals surface area (Å²) in [5.41, 5.74) is 3.11. The van der Waals surface area contributed by atoms with Crippen LogP contribution in [0.15, 0.2) is 42.9 Å². The molecule has 0 bridgehead atoms. The number of nitrogens with zero attached hydrogens (tertiary/aromatic N) is 3. The van der Waals surface area contributed by atoms with Crippen LogP contribution in [0.2, 0.25) is 0 Å². The Morgan fingerprint density at radius 3 is 2.71 bits per heavy atom. The predicted molar refractivity (Wildman–Crippen MR) is 78.5 cm³/mol. The monoisotopic (exact) mass is 285 g/mol. The van der Waals surface area contributed by atoms with Gasteiger partial charge in [0.1, 0.15) is 11.5 Å². The van der Waals surface area contributed by atoms with Gasteiger partial charge in [0, 0.05) is 12.4 Å². The molecule has 3 rings (SSSR count). The molecule has 0 atom stereocenters. The molecule has 0 amide bonds. The highest BCUT2D eigenvalue weighted by molar-refractivity contribution is 5.54. The Bertz CT molecular complexity index is 739. The lowest BCUT2D eigenvalue weighted by Gasteiger charge is -2.09. The maximum Gasteiger partial charge on any atom is 0.265 e. The number of hydrogen-bond acceptors (Lipinski definition) is 6. The Morgan fingerprint density at radius 1 is 1.24 bits per heavy atom. The second-order valence-corrected chi connectivity index (χ2v) is 4.24. The normalized spacial score (nSPS) is 10.6. The van der Waals surface area contributed by atoms with Crippen LogP contribution in [0.5, 0.6) is 17.4 Å². The van der Waals surface area contributed by atoms with Crippen LogP contribution in [-0.2, 0) is 0 Å². The molecular weight excluding hydrogens is 270 g/mol. The fourth-order valence-electron chi connectivity index (χ4n) is 1.92. The summed E-state index contributed by atoms with van der Waals surface area (Å²) >= 11 is 0. The van der Waals surface area contributed by atoms with E-state index >= 15 is 0 Å². The van der Waals surface area contributed by atoms with Crippen LogP contribution < -0.4 is 20.7 Å². The number of fused-ring (bicyclic) bond motifs is 1. The van der Waals surface area contributed by atoms with Gasteiger partial charge in [0.25, 0.3) is 5.88 Å². The lowest BCUT2D eigenvalue weighted by atomic mass is 10.3. The SMILES string of the molecule is CCOc1ccc(Oc2nc(NN)cn3ccnc23)cc1. The van der Waals surface area contributed by atoms with E-state index in [0.29, 0.717) is 29.7 Å². The quantitative estimate of drug-likeness (QED) is 0.552. The predicted octanol–water partition coefficient (Wildman–Crippen LogP) is 2.21. The lowest BCUT2D eigenvalue weighted by molar-refractivity contribution is 0.339. The fourth-order valence-corrected chi connectivity index (χ4v) is 1.92. The van der Waals surface area contributed by atoms with Crippen molar-refractivity contribution in [1.82, 2.24) is 14.4 Å². The number of imidazole rings is 1. The summed E-state index contributed by atoms with van der Waals surface area (Å²) in [6, 6.07) is 7.31. The number of hydrazine groups is 1. The van der Waals surface area contributed by atoms with Gasteiger partial charge in [-0.25, -0.2) is 10.8 Å². The molecule has 21 heavy (non-hydrogen) atoms. The Balaban J connectivity index is 1.91. The Kier molecular flexibility index (Phi) is 3.57. The van der Waals surface area contributed by atoms with Gasteiger partial charge < -0.3 is 14.9 Å². The van der Waals surface area contributed by atoms with Gasteiger partial charge in [-0.1, -0.05) is 0 Å². The van der Waals surface area contributed by atoms with E-state index in [1.807, 2.05) is 31.2 Å². The molecule has 0 spiro atoms. The Labute approximate surface area is 121 Å². The summed E-state index contributed by atoms with van der Waals surface area (Å²) in [6.07, 6.45) is 5.19. The van der Waals surface area contributed by atoms with Gasteiger partial charge in [-0.05, 0) is 31.2 Å². The van der Waals surface area contributed by atoms with E-state index in [-0.39, 0.29) is 0 Å². The standard InChI is InChI=1S/C14H15N5O2/c1-2-20-10-3-5-11(6-4-10)21-14-13-16-7-8-19(13)9-12(17-14)18-15/h3-9,18H,2,15H2,1H3. The molecule has 108 valence electrons. The van der Waals surface area contributed by atoms with Gasteiger partial charge in [-0.2, -0.15) is 4.98 Å². The van der Waals surface area contributed by atoms with Crippen molar-refractivity contribution in [1.29, 1.82) is 0 Å². The number of benzene rings is 1. The van der Waals surface area contributed by atoms with Crippen LogP contribution in [0.3, 0.4) is 0 Å². The smallest absolute Gasteiger partial charge is 0.265 e. The van der Waals surface area contributed by atoms with Crippen molar-refractivity contribution < 1.29 is 9.47 Å². The number of ether oxygens (including phenoxy) is 2. The maximum atomic E-state index is 5.78. The van der Waals surface area contributed by atoms with Crippen molar-refractivity contribution in [3.8, 4) is 17.4 Å². The van der Waals surface area contributed by atoms with Gasteiger partial charge in [-0.15, -0.1) is 0 Å². The minimum absolute atomic E-state index is 0.375. The molecule has 0 fully saturated rings. The zero-order valence-electron chi connectivity index (χ0n) is 11.5. The fraction of sp³-hybridized carbons (Fsp3) is 0.143. The Morgan fingerprint density at radius 2 is 2.00 bits per heavy atom.